The number of ether oxygens (including phenoxy) is 2. The first-order valence-electron chi connectivity index (χ1n) is 9.05. The van der Waals surface area contributed by atoms with E-state index in [1.54, 1.807) is 6.20 Å². The smallest absolute Gasteiger partial charge is 0.258 e. The lowest BCUT2D eigenvalue weighted by Gasteiger charge is -2.21. The van der Waals surface area contributed by atoms with Gasteiger partial charge in [-0.15, -0.1) is 23.5 Å². The van der Waals surface area contributed by atoms with Gasteiger partial charge in [0.25, 0.3) is 5.91 Å². The van der Waals surface area contributed by atoms with E-state index >= 15 is 0 Å². The van der Waals surface area contributed by atoms with Crippen molar-refractivity contribution in [3.63, 3.8) is 0 Å². The highest BCUT2D eigenvalue weighted by molar-refractivity contribution is 8.16. The zero-order chi connectivity index (χ0) is 18.9. The minimum atomic E-state index is -0.177. The lowest BCUT2D eigenvalue weighted by Crippen LogP contribution is -2.28. The molecule has 1 aromatic carbocycles. The summed E-state index contributed by atoms with van der Waals surface area (Å²) in [6.07, 6.45) is 2.96. The minimum absolute atomic E-state index is 0.0174. The van der Waals surface area contributed by atoms with Crippen molar-refractivity contribution >= 4 is 29.4 Å². The van der Waals surface area contributed by atoms with Crippen molar-refractivity contribution in [3.05, 3.63) is 53.7 Å². The SMILES string of the molecule is CCOc1ncccc1CNC(=O)COc1ccc(C2SCCCS2)cc1. The lowest BCUT2D eigenvalue weighted by molar-refractivity contribution is -0.123. The van der Waals surface area contributed by atoms with Gasteiger partial charge in [-0.25, -0.2) is 4.98 Å². The van der Waals surface area contributed by atoms with Gasteiger partial charge in [-0.3, -0.25) is 4.79 Å². The molecule has 144 valence electrons. The zero-order valence-corrected chi connectivity index (χ0v) is 17.0. The van der Waals surface area contributed by atoms with Crippen LogP contribution in [0, 0.1) is 0 Å². The fourth-order valence-corrected chi connectivity index (χ4v) is 5.51. The molecule has 27 heavy (non-hydrogen) atoms. The maximum absolute atomic E-state index is 12.1. The summed E-state index contributed by atoms with van der Waals surface area (Å²) < 4.78 is 11.6. The van der Waals surface area contributed by atoms with Crippen LogP contribution in [-0.2, 0) is 11.3 Å². The van der Waals surface area contributed by atoms with E-state index in [1.165, 1.54) is 23.5 Å². The van der Waals surface area contributed by atoms with Crippen LogP contribution < -0.4 is 14.8 Å². The van der Waals surface area contributed by atoms with Gasteiger partial charge in [0, 0.05) is 18.3 Å². The number of thioether (sulfide) groups is 2. The van der Waals surface area contributed by atoms with Crippen LogP contribution in [0.1, 0.15) is 29.1 Å². The molecule has 1 amide bonds. The van der Waals surface area contributed by atoms with E-state index in [9.17, 15) is 4.79 Å². The molecule has 1 N–H and O–H groups in total. The Kier molecular flexibility index (Phi) is 7.71. The number of carbonyl (C=O) groups excluding carboxylic acids is 1. The summed E-state index contributed by atoms with van der Waals surface area (Å²) in [4.78, 5) is 16.2. The summed E-state index contributed by atoms with van der Waals surface area (Å²) in [6.45, 7) is 2.79. The van der Waals surface area contributed by atoms with Crippen LogP contribution >= 0.6 is 23.5 Å². The second-order valence-corrected chi connectivity index (χ2v) is 8.69. The normalized spacial score (nSPS) is 14.6. The van der Waals surface area contributed by atoms with Crippen LogP contribution in [-0.4, -0.2) is 35.6 Å². The molecule has 0 bridgehead atoms. The Labute approximate surface area is 168 Å². The quantitative estimate of drug-likeness (QED) is 0.716. The summed E-state index contributed by atoms with van der Waals surface area (Å²) in [5, 5.41) is 2.84. The fraction of sp³-hybridized carbons (Fsp3) is 0.400. The van der Waals surface area contributed by atoms with Crippen LogP contribution in [0.3, 0.4) is 0 Å². The number of amides is 1. The number of hydrogen-bond donors (Lipinski definition) is 1. The van der Waals surface area contributed by atoms with Crippen molar-refractivity contribution in [2.75, 3.05) is 24.7 Å². The van der Waals surface area contributed by atoms with Crippen molar-refractivity contribution in [2.24, 2.45) is 0 Å². The first kappa shape index (κ1) is 19.9. The number of nitrogens with zero attached hydrogens (tertiary/aromatic N) is 1. The predicted octanol–water partition coefficient (Wildman–Crippen LogP) is 4.04. The first-order valence-corrected chi connectivity index (χ1v) is 11.2. The number of nitrogens with one attached hydrogen (secondary N) is 1. The Morgan fingerprint density at radius 3 is 2.70 bits per heavy atom. The monoisotopic (exact) mass is 404 g/mol. The molecule has 1 aromatic heterocycles. The molecule has 7 heteroatoms. The molecule has 0 aliphatic carbocycles. The molecule has 3 rings (SSSR count). The van der Waals surface area contributed by atoms with Gasteiger partial charge in [0.2, 0.25) is 5.88 Å². The zero-order valence-electron chi connectivity index (χ0n) is 15.3. The van der Waals surface area contributed by atoms with Gasteiger partial charge in [0.1, 0.15) is 5.75 Å². The van der Waals surface area contributed by atoms with Gasteiger partial charge in [0.15, 0.2) is 6.61 Å². The topological polar surface area (TPSA) is 60.5 Å². The second kappa shape index (κ2) is 10.5. The number of pyridine rings is 1. The third-order valence-corrected chi connectivity index (χ3v) is 6.97. The molecule has 0 atom stereocenters. The third-order valence-electron chi connectivity index (χ3n) is 3.96. The molecule has 1 aliphatic rings. The molecule has 0 unspecified atom stereocenters. The van der Waals surface area contributed by atoms with Gasteiger partial charge >= 0.3 is 0 Å². The Bertz CT molecular complexity index is 734. The number of aromatic nitrogens is 1. The summed E-state index contributed by atoms with van der Waals surface area (Å²) >= 11 is 3.98. The van der Waals surface area contributed by atoms with Crippen molar-refractivity contribution in [1.82, 2.24) is 10.3 Å². The average molecular weight is 405 g/mol. The van der Waals surface area contributed by atoms with E-state index in [2.05, 4.69) is 22.4 Å². The van der Waals surface area contributed by atoms with Crippen LogP contribution in [0.25, 0.3) is 0 Å². The number of rotatable bonds is 8. The largest absolute Gasteiger partial charge is 0.484 e. The summed E-state index contributed by atoms with van der Waals surface area (Å²) in [5.41, 5.74) is 2.15. The minimum Gasteiger partial charge on any atom is -0.484 e. The van der Waals surface area contributed by atoms with E-state index in [1.807, 2.05) is 54.7 Å². The maximum Gasteiger partial charge on any atom is 0.258 e. The molecular weight excluding hydrogens is 380 g/mol. The Morgan fingerprint density at radius 2 is 1.96 bits per heavy atom. The Hall–Kier alpha value is -1.86. The van der Waals surface area contributed by atoms with Crippen LogP contribution in [0.5, 0.6) is 11.6 Å². The van der Waals surface area contributed by atoms with E-state index < -0.39 is 0 Å². The molecule has 0 saturated carbocycles. The van der Waals surface area contributed by atoms with E-state index in [4.69, 9.17) is 9.47 Å². The maximum atomic E-state index is 12.1. The molecule has 0 radical (unpaired) electrons. The van der Waals surface area contributed by atoms with Gasteiger partial charge in [-0.2, -0.15) is 0 Å². The third kappa shape index (κ3) is 6.07. The summed E-state index contributed by atoms with van der Waals surface area (Å²) in [7, 11) is 0. The molecular formula is C20H24N2O3S2. The van der Waals surface area contributed by atoms with Crippen molar-refractivity contribution < 1.29 is 14.3 Å². The van der Waals surface area contributed by atoms with Crippen LogP contribution in [0.4, 0.5) is 0 Å². The molecule has 5 nitrogen and oxygen atoms in total. The van der Waals surface area contributed by atoms with Crippen molar-refractivity contribution in [1.29, 1.82) is 0 Å². The lowest BCUT2D eigenvalue weighted by atomic mass is 10.2. The van der Waals surface area contributed by atoms with Gasteiger partial charge < -0.3 is 14.8 Å². The molecule has 0 spiro atoms. The fourth-order valence-electron chi connectivity index (χ4n) is 2.62. The van der Waals surface area contributed by atoms with Gasteiger partial charge in [-0.1, -0.05) is 18.2 Å². The molecule has 1 fully saturated rings. The Balaban J connectivity index is 1.45. The van der Waals surface area contributed by atoms with E-state index in [-0.39, 0.29) is 12.5 Å². The van der Waals surface area contributed by atoms with Crippen LogP contribution in [0.2, 0.25) is 0 Å². The highest BCUT2D eigenvalue weighted by Gasteiger charge is 2.16. The first-order chi connectivity index (χ1) is 13.3. The van der Waals surface area contributed by atoms with Gasteiger partial charge in [-0.05, 0) is 48.6 Å². The number of hydrogen-bond acceptors (Lipinski definition) is 6. The molecule has 1 saturated heterocycles. The predicted molar refractivity (Wildman–Crippen MR) is 111 cm³/mol. The van der Waals surface area contributed by atoms with E-state index in [0.717, 1.165) is 5.56 Å². The highest BCUT2D eigenvalue weighted by atomic mass is 32.2. The van der Waals surface area contributed by atoms with Crippen LogP contribution in [0.15, 0.2) is 42.6 Å². The number of benzene rings is 1. The van der Waals surface area contributed by atoms with E-state index in [0.29, 0.717) is 29.4 Å². The van der Waals surface area contributed by atoms with Gasteiger partial charge in [0.05, 0.1) is 11.2 Å². The molecule has 1 aliphatic heterocycles. The average Bonchev–Trinajstić information content (AvgIpc) is 2.73. The van der Waals surface area contributed by atoms with Crippen molar-refractivity contribution in [2.45, 2.75) is 24.5 Å². The number of carbonyl (C=O) groups is 1. The summed E-state index contributed by atoms with van der Waals surface area (Å²) in [5.74, 6) is 3.52. The summed E-state index contributed by atoms with van der Waals surface area (Å²) in [6, 6.07) is 11.8. The standard InChI is InChI=1S/C20H24N2O3S2/c1-2-24-19-16(5-3-10-21-19)13-22-18(23)14-25-17-8-6-15(7-9-17)20-26-11-4-12-27-20/h3,5-10,20H,2,4,11-14H2,1H3,(H,22,23). The Morgan fingerprint density at radius 1 is 1.19 bits per heavy atom. The highest BCUT2D eigenvalue weighted by Crippen LogP contribution is 2.43. The second-order valence-electron chi connectivity index (χ2n) is 5.96. The van der Waals surface area contributed by atoms with Crippen molar-refractivity contribution in [3.8, 4) is 11.6 Å². The molecule has 2 aromatic rings. The molecule has 2 heterocycles.